The average Bonchev–Trinajstić information content (AvgIpc) is 2.39. The van der Waals surface area contributed by atoms with Crippen molar-refractivity contribution in [3.05, 3.63) is 47.5 Å². The Kier molecular flexibility index (Phi) is 3.20. The van der Waals surface area contributed by atoms with E-state index < -0.39 is 0 Å². The molecule has 0 saturated heterocycles. The molecule has 0 aromatic heterocycles. The monoisotopic (exact) mass is 239 g/mol. The van der Waals surface area contributed by atoms with Crippen LogP contribution in [0.3, 0.4) is 0 Å². The zero-order chi connectivity index (χ0) is 13.1. The molecule has 0 unspecified atom stereocenters. The average molecular weight is 239 g/mol. The predicted octanol–water partition coefficient (Wildman–Crippen LogP) is 3.25. The number of hydrogen-bond donors (Lipinski definition) is 1. The summed E-state index contributed by atoms with van der Waals surface area (Å²) in [5, 5.41) is 18.9. The molecule has 0 bridgehead atoms. The lowest BCUT2D eigenvalue weighted by molar-refractivity contribution is 0.408. The summed E-state index contributed by atoms with van der Waals surface area (Å²) in [4.78, 5) is 0. The van der Waals surface area contributed by atoms with E-state index in [4.69, 9.17) is 10.00 Å². The molecule has 0 atom stereocenters. The van der Waals surface area contributed by atoms with Gasteiger partial charge in [-0.1, -0.05) is 30.3 Å². The lowest BCUT2D eigenvalue weighted by atomic mass is 9.95. The maximum atomic E-state index is 9.77. The molecule has 0 saturated carbocycles. The van der Waals surface area contributed by atoms with Crippen LogP contribution in [0, 0.1) is 18.3 Å². The molecule has 2 aromatic rings. The fourth-order valence-electron chi connectivity index (χ4n) is 2.04. The van der Waals surface area contributed by atoms with Crippen molar-refractivity contribution in [1.82, 2.24) is 0 Å². The Labute approximate surface area is 106 Å². The Morgan fingerprint density at radius 3 is 2.44 bits per heavy atom. The molecule has 0 fully saturated rings. The summed E-state index contributed by atoms with van der Waals surface area (Å²) in [5.74, 6) is 0.515. The molecule has 3 heteroatoms. The third kappa shape index (κ3) is 1.89. The fraction of sp³-hybridized carbons (Fsp3) is 0.133. The van der Waals surface area contributed by atoms with Gasteiger partial charge in [0.15, 0.2) is 0 Å². The van der Waals surface area contributed by atoms with E-state index in [0.717, 1.165) is 16.7 Å². The van der Waals surface area contributed by atoms with Crippen LogP contribution in [0.1, 0.15) is 11.1 Å². The second-order valence-corrected chi connectivity index (χ2v) is 3.95. The number of phenols is 1. The van der Waals surface area contributed by atoms with E-state index in [9.17, 15) is 5.11 Å². The van der Waals surface area contributed by atoms with Gasteiger partial charge in [-0.25, -0.2) is 0 Å². The zero-order valence-corrected chi connectivity index (χ0v) is 10.3. The normalized spacial score (nSPS) is 9.83. The summed E-state index contributed by atoms with van der Waals surface area (Å²) in [6.07, 6.45) is 0. The van der Waals surface area contributed by atoms with Gasteiger partial charge in [0.05, 0.1) is 12.7 Å². The van der Waals surface area contributed by atoms with Crippen LogP contribution in [0.15, 0.2) is 36.4 Å². The molecule has 2 rings (SSSR count). The minimum Gasteiger partial charge on any atom is -0.506 e. The van der Waals surface area contributed by atoms with E-state index >= 15 is 0 Å². The highest BCUT2D eigenvalue weighted by molar-refractivity contribution is 5.78. The lowest BCUT2D eigenvalue weighted by Gasteiger charge is -2.14. The van der Waals surface area contributed by atoms with E-state index in [1.165, 1.54) is 6.07 Å². The molecule has 2 aromatic carbocycles. The third-order valence-electron chi connectivity index (χ3n) is 2.91. The largest absolute Gasteiger partial charge is 0.506 e. The first-order valence-electron chi connectivity index (χ1n) is 5.55. The van der Waals surface area contributed by atoms with Crippen molar-refractivity contribution in [2.75, 3.05) is 7.11 Å². The van der Waals surface area contributed by atoms with Crippen LogP contribution < -0.4 is 4.74 Å². The SMILES string of the molecule is COc1cc(O)c(C#N)c(C)c1-c1ccccc1. The smallest absolute Gasteiger partial charge is 0.137 e. The van der Waals surface area contributed by atoms with Gasteiger partial charge in [0.2, 0.25) is 0 Å². The maximum Gasteiger partial charge on any atom is 0.137 e. The van der Waals surface area contributed by atoms with Crippen molar-refractivity contribution < 1.29 is 9.84 Å². The first-order valence-corrected chi connectivity index (χ1v) is 5.55. The predicted molar refractivity (Wildman–Crippen MR) is 69.5 cm³/mol. The highest BCUT2D eigenvalue weighted by Gasteiger charge is 2.16. The molecule has 0 amide bonds. The van der Waals surface area contributed by atoms with E-state index in [1.54, 1.807) is 7.11 Å². The Balaban J connectivity index is 2.78. The molecule has 0 aliphatic heterocycles. The van der Waals surface area contributed by atoms with Crippen LogP contribution in [0.4, 0.5) is 0 Å². The number of benzene rings is 2. The van der Waals surface area contributed by atoms with Crippen molar-refractivity contribution >= 4 is 0 Å². The summed E-state index contributed by atoms with van der Waals surface area (Å²) in [6, 6.07) is 13.2. The van der Waals surface area contributed by atoms with Crippen molar-refractivity contribution in [1.29, 1.82) is 5.26 Å². The highest BCUT2D eigenvalue weighted by Crippen LogP contribution is 2.38. The molecule has 3 nitrogen and oxygen atoms in total. The number of methoxy groups -OCH3 is 1. The van der Waals surface area contributed by atoms with Gasteiger partial charge in [-0.15, -0.1) is 0 Å². The summed E-state index contributed by atoms with van der Waals surface area (Å²) in [6.45, 7) is 1.81. The summed E-state index contributed by atoms with van der Waals surface area (Å²) < 4.78 is 5.29. The molecule has 90 valence electrons. The summed E-state index contributed by atoms with van der Waals surface area (Å²) in [7, 11) is 1.55. The molecule has 0 heterocycles. The molecule has 1 N–H and O–H groups in total. The highest BCUT2D eigenvalue weighted by atomic mass is 16.5. The minimum atomic E-state index is -0.0495. The van der Waals surface area contributed by atoms with E-state index in [1.807, 2.05) is 43.3 Å². The van der Waals surface area contributed by atoms with Gasteiger partial charge in [-0.2, -0.15) is 5.26 Å². The standard InChI is InChI=1S/C15H13NO2/c1-10-12(9-16)13(17)8-14(18-2)15(10)11-6-4-3-5-7-11/h3-8,17H,1-2H3. The number of aromatic hydroxyl groups is 1. The van der Waals surface area contributed by atoms with E-state index in [-0.39, 0.29) is 11.3 Å². The van der Waals surface area contributed by atoms with E-state index in [2.05, 4.69) is 0 Å². The maximum absolute atomic E-state index is 9.77. The number of phenolic OH excluding ortho intramolecular Hbond substituents is 1. The van der Waals surface area contributed by atoms with Crippen molar-refractivity contribution in [2.24, 2.45) is 0 Å². The lowest BCUT2D eigenvalue weighted by Crippen LogP contribution is -1.94. The molecule has 0 aliphatic rings. The summed E-state index contributed by atoms with van der Waals surface area (Å²) in [5.41, 5.74) is 2.81. The van der Waals surface area contributed by atoms with Crippen molar-refractivity contribution in [2.45, 2.75) is 6.92 Å². The number of rotatable bonds is 2. The first kappa shape index (κ1) is 12.0. The topological polar surface area (TPSA) is 53.2 Å². The molecular formula is C15H13NO2. The Morgan fingerprint density at radius 1 is 1.22 bits per heavy atom. The van der Waals surface area contributed by atoms with Crippen LogP contribution in [0.25, 0.3) is 11.1 Å². The van der Waals surface area contributed by atoms with Gasteiger partial charge in [0.1, 0.15) is 17.6 Å². The van der Waals surface area contributed by atoms with Gasteiger partial charge in [0, 0.05) is 11.6 Å². The number of ether oxygens (including phenoxy) is 1. The quantitative estimate of drug-likeness (QED) is 0.875. The van der Waals surface area contributed by atoms with Gasteiger partial charge >= 0.3 is 0 Å². The van der Waals surface area contributed by atoms with Gasteiger partial charge in [-0.3, -0.25) is 0 Å². The number of nitrogens with zero attached hydrogens (tertiary/aromatic N) is 1. The van der Waals surface area contributed by atoms with Crippen LogP contribution >= 0.6 is 0 Å². The van der Waals surface area contributed by atoms with Gasteiger partial charge < -0.3 is 9.84 Å². The van der Waals surface area contributed by atoms with Crippen LogP contribution in [-0.4, -0.2) is 12.2 Å². The van der Waals surface area contributed by atoms with Gasteiger partial charge in [-0.05, 0) is 18.1 Å². The molecule has 0 radical (unpaired) electrons. The Bertz CT molecular complexity index is 613. The number of hydrogen-bond acceptors (Lipinski definition) is 3. The van der Waals surface area contributed by atoms with Crippen LogP contribution in [-0.2, 0) is 0 Å². The first-order chi connectivity index (χ1) is 8.69. The van der Waals surface area contributed by atoms with Crippen molar-refractivity contribution in [3.63, 3.8) is 0 Å². The third-order valence-corrected chi connectivity index (χ3v) is 2.91. The Morgan fingerprint density at radius 2 is 1.89 bits per heavy atom. The van der Waals surface area contributed by atoms with Crippen molar-refractivity contribution in [3.8, 4) is 28.7 Å². The second-order valence-electron chi connectivity index (χ2n) is 3.95. The fourth-order valence-corrected chi connectivity index (χ4v) is 2.04. The molecule has 18 heavy (non-hydrogen) atoms. The number of nitriles is 1. The van der Waals surface area contributed by atoms with Crippen LogP contribution in [0.5, 0.6) is 11.5 Å². The molecular weight excluding hydrogens is 226 g/mol. The minimum absolute atomic E-state index is 0.0495. The molecule has 0 aliphatic carbocycles. The Hall–Kier alpha value is -2.47. The van der Waals surface area contributed by atoms with Gasteiger partial charge in [0.25, 0.3) is 0 Å². The zero-order valence-electron chi connectivity index (χ0n) is 10.3. The second kappa shape index (κ2) is 4.80. The van der Waals surface area contributed by atoms with E-state index in [0.29, 0.717) is 5.75 Å². The molecule has 0 spiro atoms. The van der Waals surface area contributed by atoms with Crippen LogP contribution in [0.2, 0.25) is 0 Å². The summed E-state index contributed by atoms with van der Waals surface area (Å²) >= 11 is 0.